The fraction of sp³-hybridized carbons (Fsp3) is 0.379. The van der Waals surface area contributed by atoms with Gasteiger partial charge in [-0.1, -0.05) is 30.3 Å². The first-order valence-electron chi connectivity index (χ1n) is 12.7. The molecule has 3 aromatic rings. The van der Waals surface area contributed by atoms with E-state index in [4.69, 9.17) is 16.3 Å². The van der Waals surface area contributed by atoms with Crippen LogP contribution in [-0.2, 0) is 29.1 Å². The number of nitrogens with one attached hydrogen (secondary N) is 1. The maximum absolute atomic E-state index is 13.2. The molecule has 2 amide bonds. The molecule has 37 heavy (non-hydrogen) atoms. The van der Waals surface area contributed by atoms with Crippen LogP contribution in [0.15, 0.2) is 49.1 Å². The molecular weight excluding hydrogens is 488 g/mol. The number of hydrogen-bond acceptors (Lipinski definition) is 4. The van der Waals surface area contributed by atoms with E-state index >= 15 is 0 Å². The fourth-order valence-electron chi connectivity index (χ4n) is 5.68. The van der Waals surface area contributed by atoms with Gasteiger partial charge in [0.15, 0.2) is 0 Å². The zero-order valence-electron chi connectivity index (χ0n) is 21.6. The first-order valence-corrected chi connectivity index (χ1v) is 13.1. The molecule has 5 rings (SSSR count). The number of methoxy groups -OCH3 is 1. The zero-order chi connectivity index (χ0) is 26.3. The van der Waals surface area contributed by atoms with Crippen molar-refractivity contribution in [2.75, 3.05) is 26.7 Å². The second-order valence-corrected chi connectivity index (χ2v) is 10.4. The van der Waals surface area contributed by atoms with Crippen LogP contribution >= 0.6 is 11.6 Å². The Morgan fingerprint density at radius 2 is 2.05 bits per heavy atom. The Labute approximate surface area is 222 Å². The number of amides is 2. The number of ether oxygens (including phenoxy) is 1. The number of rotatable bonds is 7. The minimum atomic E-state index is -0.409. The highest BCUT2D eigenvalue weighted by atomic mass is 35.5. The van der Waals surface area contributed by atoms with E-state index in [1.54, 1.807) is 12.0 Å². The quantitative estimate of drug-likeness (QED) is 0.473. The Morgan fingerprint density at radius 3 is 2.78 bits per heavy atom. The van der Waals surface area contributed by atoms with E-state index in [0.29, 0.717) is 18.1 Å². The molecule has 0 aliphatic carbocycles. The number of aromatic nitrogens is 1. The van der Waals surface area contributed by atoms with E-state index in [-0.39, 0.29) is 17.9 Å². The van der Waals surface area contributed by atoms with Crippen LogP contribution in [0.1, 0.15) is 35.3 Å². The monoisotopic (exact) mass is 520 g/mol. The molecule has 0 saturated carbocycles. The van der Waals surface area contributed by atoms with E-state index < -0.39 is 6.04 Å². The molecule has 2 aliphatic rings. The van der Waals surface area contributed by atoms with Gasteiger partial charge in [0.25, 0.3) is 0 Å². The predicted molar refractivity (Wildman–Crippen MR) is 146 cm³/mol. The summed E-state index contributed by atoms with van der Waals surface area (Å²) in [6, 6.07) is 11.7. The second-order valence-electron chi connectivity index (χ2n) is 9.98. The lowest BCUT2D eigenvalue weighted by atomic mass is 9.98. The first kappa shape index (κ1) is 25.4. The summed E-state index contributed by atoms with van der Waals surface area (Å²) in [5.74, 6) is 0.794. The third-order valence-corrected chi connectivity index (χ3v) is 7.96. The van der Waals surface area contributed by atoms with Crippen molar-refractivity contribution in [1.29, 1.82) is 0 Å². The highest BCUT2D eigenvalue weighted by molar-refractivity contribution is 6.31. The molecule has 2 aliphatic heterocycles. The van der Waals surface area contributed by atoms with Crippen LogP contribution in [0.2, 0.25) is 5.02 Å². The van der Waals surface area contributed by atoms with Gasteiger partial charge in [0.05, 0.1) is 13.2 Å². The molecule has 1 unspecified atom stereocenters. The summed E-state index contributed by atoms with van der Waals surface area (Å²) in [6.07, 6.45) is 2.24. The molecule has 1 N–H and O–H groups in total. The van der Waals surface area contributed by atoms with Crippen LogP contribution < -0.4 is 10.1 Å². The summed E-state index contributed by atoms with van der Waals surface area (Å²) in [5, 5.41) is 4.86. The Morgan fingerprint density at radius 1 is 1.27 bits per heavy atom. The smallest absolute Gasteiger partial charge is 0.246 e. The van der Waals surface area contributed by atoms with Gasteiger partial charge >= 0.3 is 0 Å². The number of fused-ring (bicyclic) bond motifs is 2. The number of likely N-dealkylation sites (tertiary alicyclic amines) is 1. The first-order chi connectivity index (χ1) is 17.8. The zero-order valence-corrected chi connectivity index (χ0v) is 22.3. The second kappa shape index (κ2) is 10.2. The molecule has 1 fully saturated rings. The van der Waals surface area contributed by atoms with E-state index in [1.165, 1.54) is 22.8 Å². The highest BCUT2D eigenvalue weighted by Crippen LogP contribution is 2.34. The molecule has 7 nitrogen and oxygen atoms in total. The standard InChI is InChI=1S/C29H33ClN4O3/c1-5-28(35)33-15-22(16-33)31-29(36)19(3)34-18(2)25(24-13-21(30)9-10-26(24)34)17-32-12-11-23-20(14-32)7-6-8-27(23)37-4/h5-10,13,19,22H,1,11-12,14-17H2,2-4H3,(H,31,36). The normalized spacial score (nSPS) is 16.7. The van der Waals surface area contributed by atoms with Crippen LogP contribution in [-0.4, -0.2) is 59.0 Å². The van der Waals surface area contributed by atoms with Crippen molar-refractivity contribution >= 4 is 34.3 Å². The topological polar surface area (TPSA) is 66.8 Å². The number of nitrogens with zero attached hydrogens (tertiary/aromatic N) is 3. The van der Waals surface area contributed by atoms with Crippen molar-refractivity contribution in [3.05, 3.63) is 76.5 Å². The van der Waals surface area contributed by atoms with Crippen molar-refractivity contribution < 1.29 is 14.3 Å². The van der Waals surface area contributed by atoms with Crippen molar-refractivity contribution in [2.24, 2.45) is 0 Å². The third-order valence-electron chi connectivity index (χ3n) is 7.73. The van der Waals surface area contributed by atoms with Crippen LogP contribution in [0.5, 0.6) is 5.75 Å². The lowest BCUT2D eigenvalue weighted by molar-refractivity contribution is -0.134. The summed E-state index contributed by atoms with van der Waals surface area (Å²) in [5.41, 5.74) is 5.83. The number of halogens is 1. The fourth-order valence-corrected chi connectivity index (χ4v) is 5.85. The van der Waals surface area contributed by atoms with Gasteiger partial charge in [-0.2, -0.15) is 0 Å². The highest BCUT2D eigenvalue weighted by Gasteiger charge is 2.32. The van der Waals surface area contributed by atoms with Crippen molar-refractivity contribution in [3.8, 4) is 5.75 Å². The summed E-state index contributed by atoms with van der Waals surface area (Å²) in [4.78, 5) is 29.1. The average molecular weight is 521 g/mol. The van der Waals surface area contributed by atoms with Gasteiger partial charge < -0.3 is 19.5 Å². The third kappa shape index (κ3) is 4.74. The van der Waals surface area contributed by atoms with Gasteiger partial charge in [0.1, 0.15) is 11.8 Å². The summed E-state index contributed by atoms with van der Waals surface area (Å²) in [7, 11) is 1.73. The van der Waals surface area contributed by atoms with Crippen molar-refractivity contribution in [2.45, 2.75) is 45.4 Å². The Hall–Kier alpha value is -3.29. The molecule has 194 valence electrons. The summed E-state index contributed by atoms with van der Waals surface area (Å²) < 4.78 is 7.69. The predicted octanol–water partition coefficient (Wildman–Crippen LogP) is 4.24. The molecule has 1 aromatic heterocycles. The largest absolute Gasteiger partial charge is 0.496 e. The number of hydrogen-bond donors (Lipinski definition) is 1. The van der Waals surface area contributed by atoms with Crippen LogP contribution in [0.4, 0.5) is 0 Å². The van der Waals surface area contributed by atoms with Crippen molar-refractivity contribution in [1.82, 2.24) is 19.7 Å². The molecular formula is C29H33ClN4O3. The SMILES string of the molecule is C=CC(=O)N1CC(NC(=O)C(C)n2c(C)c(CN3CCc4c(cccc4OC)C3)c3cc(Cl)ccc32)C1. The van der Waals surface area contributed by atoms with E-state index in [0.717, 1.165) is 48.4 Å². The van der Waals surface area contributed by atoms with E-state index in [1.807, 2.05) is 37.3 Å². The van der Waals surface area contributed by atoms with Crippen molar-refractivity contribution in [3.63, 3.8) is 0 Å². The molecule has 0 spiro atoms. The average Bonchev–Trinajstić information content (AvgIpc) is 3.14. The molecule has 0 bridgehead atoms. The summed E-state index contributed by atoms with van der Waals surface area (Å²) >= 11 is 6.43. The lowest BCUT2D eigenvalue weighted by Crippen LogP contribution is -2.61. The van der Waals surface area contributed by atoms with Gasteiger partial charge in [0.2, 0.25) is 11.8 Å². The van der Waals surface area contributed by atoms with Gasteiger partial charge in [-0.25, -0.2) is 0 Å². The Bertz CT molecular complexity index is 1380. The van der Waals surface area contributed by atoms with Gasteiger partial charge in [-0.15, -0.1) is 0 Å². The maximum atomic E-state index is 13.2. The number of carbonyl (C=O) groups excluding carboxylic acids is 2. The molecule has 8 heteroatoms. The van der Waals surface area contributed by atoms with Gasteiger partial charge in [-0.3, -0.25) is 14.5 Å². The Kier molecular flexibility index (Phi) is 7.01. The van der Waals surface area contributed by atoms with E-state index in [2.05, 4.69) is 34.4 Å². The van der Waals surface area contributed by atoms with Crippen LogP contribution in [0.25, 0.3) is 10.9 Å². The Balaban J connectivity index is 1.38. The van der Waals surface area contributed by atoms with Crippen LogP contribution in [0, 0.1) is 6.92 Å². The minimum absolute atomic E-state index is 0.0414. The van der Waals surface area contributed by atoms with Gasteiger partial charge in [0, 0.05) is 54.3 Å². The molecule has 2 aromatic carbocycles. The molecule has 3 heterocycles. The van der Waals surface area contributed by atoms with Crippen LogP contribution in [0.3, 0.4) is 0 Å². The number of carbonyl (C=O) groups is 2. The lowest BCUT2D eigenvalue weighted by Gasteiger charge is -2.39. The maximum Gasteiger partial charge on any atom is 0.246 e. The molecule has 1 saturated heterocycles. The number of benzene rings is 2. The van der Waals surface area contributed by atoms with Gasteiger partial charge in [-0.05, 0) is 67.3 Å². The molecule has 0 radical (unpaired) electrons. The minimum Gasteiger partial charge on any atom is -0.496 e. The van der Waals surface area contributed by atoms with E-state index in [9.17, 15) is 9.59 Å². The summed E-state index contributed by atoms with van der Waals surface area (Å²) in [6.45, 7) is 11.1. The molecule has 1 atom stereocenters.